The van der Waals surface area contributed by atoms with Crippen LogP contribution in [0.15, 0.2) is 57.9 Å². The SMILES string of the molecule is Cc1cc(CSc2ccccc2C(=O)NCCOc2ccc3c(c2)OCO3)on1. The van der Waals surface area contributed by atoms with Gasteiger partial charge in [-0.3, -0.25) is 4.79 Å². The van der Waals surface area contributed by atoms with Gasteiger partial charge in [0.15, 0.2) is 11.5 Å². The fraction of sp³-hybridized carbons (Fsp3) is 0.238. The Kier molecular flexibility index (Phi) is 5.90. The molecule has 0 aliphatic carbocycles. The molecule has 29 heavy (non-hydrogen) atoms. The molecule has 0 radical (unpaired) electrons. The minimum atomic E-state index is -0.142. The van der Waals surface area contributed by atoms with Gasteiger partial charge in [-0.25, -0.2) is 0 Å². The number of carbonyl (C=O) groups excluding carboxylic acids is 1. The summed E-state index contributed by atoms with van der Waals surface area (Å²) in [6.07, 6.45) is 0. The number of hydrogen-bond acceptors (Lipinski definition) is 7. The molecule has 2 heterocycles. The van der Waals surface area contributed by atoms with Crippen LogP contribution in [-0.2, 0) is 5.75 Å². The van der Waals surface area contributed by atoms with E-state index in [1.54, 1.807) is 12.1 Å². The number of benzene rings is 2. The quantitative estimate of drug-likeness (QED) is 0.445. The molecule has 0 atom stereocenters. The minimum Gasteiger partial charge on any atom is -0.492 e. The van der Waals surface area contributed by atoms with Gasteiger partial charge in [-0.05, 0) is 31.2 Å². The monoisotopic (exact) mass is 412 g/mol. The zero-order valence-corrected chi connectivity index (χ0v) is 16.7. The van der Waals surface area contributed by atoms with Gasteiger partial charge in [0.05, 0.1) is 23.6 Å². The summed E-state index contributed by atoms with van der Waals surface area (Å²) in [5.41, 5.74) is 1.46. The van der Waals surface area contributed by atoms with E-state index in [-0.39, 0.29) is 12.7 Å². The molecule has 3 aromatic rings. The van der Waals surface area contributed by atoms with Gasteiger partial charge < -0.3 is 24.1 Å². The first kappa shape index (κ1) is 19.2. The highest BCUT2D eigenvalue weighted by Gasteiger charge is 2.14. The molecule has 1 aliphatic heterocycles. The first-order chi connectivity index (χ1) is 14.2. The molecule has 8 heteroatoms. The van der Waals surface area contributed by atoms with E-state index in [1.807, 2.05) is 43.3 Å². The minimum absolute atomic E-state index is 0.142. The van der Waals surface area contributed by atoms with E-state index < -0.39 is 0 Å². The van der Waals surface area contributed by atoms with Gasteiger partial charge >= 0.3 is 0 Å². The molecule has 2 aromatic carbocycles. The summed E-state index contributed by atoms with van der Waals surface area (Å²) in [6, 6.07) is 14.8. The maximum absolute atomic E-state index is 12.6. The highest BCUT2D eigenvalue weighted by atomic mass is 32.2. The van der Waals surface area contributed by atoms with Crippen LogP contribution in [0.3, 0.4) is 0 Å². The molecule has 4 rings (SSSR count). The average Bonchev–Trinajstić information content (AvgIpc) is 3.38. The molecule has 1 aromatic heterocycles. The van der Waals surface area contributed by atoms with Crippen LogP contribution in [0.4, 0.5) is 0 Å². The van der Waals surface area contributed by atoms with Crippen LogP contribution < -0.4 is 19.5 Å². The van der Waals surface area contributed by atoms with Gasteiger partial charge in [-0.1, -0.05) is 17.3 Å². The number of nitrogens with one attached hydrogen (secondary N) is 1. The molecule has 150 valence electrons. The van der Waals surface area contributed by atoms with E-state index in [9.17, 15) is 4.79 Å². The number of aromatic nitrogens is 1. The van der Waals surface area contributed by atoms with Crippen molar-refractivity contribution < 1.29 is 23.5 Å². The second-order valence-corrected chi connectivity index (χ2v) is 7.36. The van der Waals surface area contributed by atoms with Crippen LogP contribution >= 0.6 is 11.8 Å². The van der Waals surface area contributed by atoms with Crippen LogP contribution in [-0.4, -0.2) is 31.0 Å². The van der Waals surface area contributed by atoms with Gasteiger partial charge in [0, 0.05) is 17.0 Å². The van der Waals surface area contributed by atoms with Gasteiger partial charge in [0.2, 0.25) is 6.79 Å². The Morgan fingerprint density at radius 3 is 2.90 bits per heavy atom. The molecule has 0 saturated heterocycles. The highest BCUT2D eigenvalue weighted by molar-refractivity contribution is 7.98. The van der Waals surface area contributed by atoms with Crippen molar-refractivity contribution in [3.8, 4) is 17.2 Å². The van der Waals surface area contributed by atoms with Gasteiger partial charge in [-0.2, -0.15) is 0 Å². The fourth-order valence-electron chi connectivity index (χ4n) is 2.81. The van der Waals surface area contributed by atoms with Crippen molar-refractivity contribution in [2.75, 3.05) is 19.9 Å². The van der Waals surface area contributed by atoms with Gasteiger partial charge in [0.25, 0.3) is 5.91 Å². The Balaban J connectivity index is 1.28. The van der Waals surface area contributed by atoms with Crippen LogP contribution in [0.5, 0.6) is 17.2 Å². The second-order valence-electron chi connectivity index (χ2n) is 6.34. The Bertz CT molecular complexity index is 1000. The van der Waals surface area contributed by atoms with Crippen molar-refractivity contribution in [1.82, 2.24) is 10.5 Å². The summed E-state index contributed by atoms with van der Waals surface area (Å²) in [4.78, 5) is 13.5. The van der Waals surface area contributed by atoms with E-state index in [0.29, 0.717) is 41.7 Å². The number of thioether (sulfide) groups is 1. The third-order valence-corrected chi connectivity index (χ3v) is 5.27. The molecule has 1 aliphatic rings. The van der Waals surface area contributed by atoms with Crippen molar-refractivity contribution in [2.24, 2.45) is 0 Å². The fourth-order valence-corrected chi connectivity index (χ4v) is 3.73. The summed E-state index contributed by atoms with van der Waals surface area (Å²) in [5.74, 6) is 3.29. The number of ether oxygens (including phenoxy) is 3. The number of carbonyl (C=O) groups is 1. The Labute approximate surface area is 172 Å². The first-order valence-electron chi connectivity index (χ1n) is 9.14. The molecule has 1 amide bonds. The third kappa shape index (κ3) is 4.83. The zero-order valence-electron chi connectivity index (χ0n) is 15.8. The van der Waals surface area contributed by atoms with Gasteiger partial charge in [0.1, 0.15) is 18.1 Å². The van der Waals surface area contributed by atoms with Crippen molar-refractivity contribution in [3.63, 3.8) is 0 Å². The lowest BCUT2D eigenvalue weighted by Gasteiger charge is -2.10. The number of fused-ring (bicyclic) bond motifs is 1. The zero-order chi connectivity index (χ0) is 20.1. The van der Waals surface area contributed by atoms with Crippen molar-refractivity contribution >= 4 is 17.7 Å². The second kappa shape index (κ2) is 8.91. The number of amides is 1. The van der Waals surface area contributed by atoms with Crippen LogP contribution in [0.2, 0.25) is 0 Å². The summed E-state index contributed by atoms with van der Waals surface area (Å²) in [6.45, 7) is 2.83. The number of hydrogen-bond donors (Lipinski definition) is 1. The summed E-state index contributed by atoms with van der Waals surface area (Å²) in [7, 11) is 0. The Hall–Kier alpha value is -3.13. The van der Waals surface area contributed by atoms with Crippen LogP contribution in [0.1, 0.15) is 21.8 Å². The summed E-state index contributed by atoms with van der Waals surface area (Å²) in [5, 5.41) is 6.78. The molecule has 0 bridgehead atoms. The lowest BCUT2D eigenvalue weighted by atomic mass is 10.2. The van der Waals surface area contributed by atoms with E-state index in [0.717, 1.165) is 16.3 Å². The van der Waals surface area contributed by atoms with E-state index in [1.165, 1.54) is 11.8 Å². The normalized spacial score (nSPS) is 12.0. The molecular formula is C21H20N2O5S. The van der Waals surface area contributed by atoms with Crippen LogP contribution in [0.25, 0.3) is 0 Å². The van der Waals surface area contributed by atoms with Crippen molar-refractivity contribution in [2.45, 2.75) is 17.6 Å². The maximum Gasteiger partial charge on any atom is 0.252 e. The maximum atomic E-state index is 12.6. The molecule has 0 fully saturated rings. The predicted octanol–water partition coefficient (Wildman–Crippen LogP) is 3.81. The van der Waals surface area contributed by atoms with E-state index in [2.05, 4.69) is 10.5 Å². The molecule has 0 spiro atoms. The highest BCUT2D eigenvalue weighted by Crippen LogP contribution is 2.35. The summed E-state index contributed by atoms with van der Waals surface area (Å²) < 4.78 is 21.5. The smallest absolute Gasteiger partial charge is 0.252 e. The molecular weight excluding hydrogens is 392 g/mol. The number of rotatable bonds is 8. The Morgan fingerprint density at radius 2 is 2.03 bits per heavy atom. The van der Waals surface area contributed by atoms with Crippen LogP contribution in [0, 0.1) is 6.92 Å². The largest absolute Gasteiger partial charge is 0.492 e. The van der Waals surface area contributed by atoms with E-state index in [4.69, 9.17) is 18.7 Å². The molecule has 0 saturated carbocycles. The predicted molar refractivity (Wildman–Crippen MR) is 108 cm³/mol. The number of aryl methyl sites for hydroxylation is 1. The lowest BCUT2D eigenvalue weighted by molar-refractivity contribution is 0.0944. The topological polar surface area (TPSA) is 82.8 Å². The van der Waals surface area contributed by atoms with Crippen molar-refractivity contribution in [1.29, 1.82) is 0 Å². The molecule has 7 nitrogen and oxygen atoms in total. The third-order valence-electron chi connectivity index (χ3n) is 4.18. The average molecular weight is 412 g/mol. The Morgan fingerprint density at radius 1 is 1.17 bits per heavy atom. The van der Waals surface area contributed by atoms with Crippen molar-refractivity contribution in [3.05, 3.63) is 65.5 Å². The lowest BCUT2D eigenvalue weighted by Crippen LogP contribution is -2.28. The molecule has 0 unspecified atom stereocenters. The number of nitrogens with zero attached hydrogens (tertiary/aromatic N) is 1. The summed E-state index contributed by atoms with van der Waals surface area (Å²) >= 11 is 1.54. The molecule has 1 N–H and O–H groups in total. The first-order valence-corrected chi connectivity index (χ1v) is 10.1. The van der Waals surface area contributed by atoms with E-state index >= 15 is 0 Å². The van der Waals surface area contributed by atoms with Gasteiger partial charge in [-0.15, -0.1) is 11.8 Å². The standard InChI is InChI=1S/C21H20N2O5S/c1-14-10-16(28-23-14)12-29-20-5-3-2-4-17(20)21(24)22-8-9-25-15-6-7-18-19(11-15)27-13-26-18/h2-7,10-11H,8-9,12-13H2,1H3,(H,22,24).